The molecule has 0 spiro atoms. The Kier molecular flexibility index (Phi) is 7.85. The van der Waals surface area contributed by atoms with E-state index in [1.165, 1.54) is 6.33 Å². The average molecular weight is 600 g/mol. The van der Waals surface area contributed by atoms with Crippen molar-refractivity contribution in [1.29, 1.82) is 0 Å². The Morgan fingerprint density at radius 1 is 1.09 bits per heavy atom. The van der Waals surface area contributed by atoms with Gasteiger partial charge >= 0.3 is 6.09 Å². The Balaban J connectivity index is 1.21. The highest BCUT2D eigenvalue weighted by Gasteiger charge is 2.31. The number of amides is 1. The molecule has 43 heavy (non-hydrogen) atoms. The van der Waals surface area contributed by atoms with Crippen molar-refractivity contribution in [2.75, 3.05) is 18.8 Å². The maximum Gasteiger partial charge on any atom is 0.410 e. The highest BCUT2D eigenvalue weighted by atomic mass is 32.1. The number of fused-ring (bicyclic) bond motifs is 1. The lowest BCUT2D eigenvalue weighted by molar-refractivity contribution is 0.0169. The van der Waals surface area contributed by atoms with Crippen molar-refractivity contribution >= 4 is 34.3 Å². The van der Waals surface area contributed by atoms with E-state index in [1.54, 1.807) is 27.9 Å². The summed E-state index contributed by atoms with van der Waals surface area (Å²) in [6.45, 7) is 7.16. The molecule has 1 atom stereocenters. The second-order valence-corrected chi connectivity index (χ2v) is 12.3. The molecule has 3 aromatic heterocycles. The molecule has 2 N–H and O–H groups in total. The SMILES string of the molecule is CC(C)(C)OC(=O)N1CCCC(n2nc(-c3ccc(Oc4cccc(OCc5cncs5)c4)cc3)c3c(N)ncnc32)C1. The topological polar surface area (TPSA) is 131 Å². The number of benzene rings is 2. The minimum Gasteiger partial charge on any atom is -0.488 e. The second-order valence-electron chi connectivity index (χ2n) is 11.3. The van der Waals surface area contributed by atoms with Crippen LogP contribution < -0.4 is 15.2 Å². The molecule has 12 heteroatoms. The molecule has 0 radical (unpaired) electrons. The van der Waals surface area contributed by atoms with Gasteiger partial charge in [0.1, 0.15) is 47.3 Å². The van der Waals surface area contributed by atoms with E-state index in [-0.39, 0.29) is 12.1 Å². The summed E-state index contributed by atoms with van der Waals surface area (Å²) in [5, 5.41) is 5.65. The maximum absolute atomic E-state index is 12.8. The minimum absolute atomic E-state index is 0.0833. The molecule has 1 fully saturated rings. The van der Waals surface area contributed by atoms with Gasteiger partial charge in [-0.15, -0.1) is 11.3 Å². The fraction of sp³-hybridized carbons (Fsp3) is 0.323. The summed E-state index contributed by atoms with van der Waals surface area (Å²) in [5.74, 6) is 2.38. The van der Waals surface area contributed by atoms with Crippen LogP contribution in [-0.4, -0.2) is 54.4 Å². The summed E-state index contributed by atoms with van der Waals surface area (Å²) < 4.78 is 19.5. The Labute approximate surface area is 253 Å². The summed E-state index contributed by atoms with van der Waals surface area (Å²) in [6.07, 6.45) is 4.59. The second kappa shape index (κ2) is 11.9. The first-order valence-corrected chi connectivity index (χ1v) is 15.0. The normalized spacial score (nSPS) is 15.4. The molecule has 1 aliphatic rings. The van der Waals surface area contributed by atoms with Gasteiger partial charge in [0.2, 0.25) is 0 Å². The van der Waals surface area contributed by atoms with Crippen LogP contribution in [0.15, 0.2) is 66.6 Å². The number of carbonyl (C=O) groups excluding carboxylic acids is 1. The molecule has 222 valence electrons. The van der Waals surface area contributed by atoms with Gasteiger partial charge in [0.15, 0.2) is 5.65 Å². The number of carbonyl (C=O) groups is 1. The average Bonchev–Trinajstić information content (AvgIpc) is 3.65. The van der Waals surface area contributed by atoms with Gasteiger partial charge in [-0.05, 0) is 70.0 Å². The summed E-state index contributed by atoms with van der Waals surface area (Å²) in [5.41, 5.74) is 9.73. The first-order chi connectivity index (χ1) is 20.7. The van der Waals surface area contributed by atoms with Gasteiger partial charge < -0.3 is 24.8 Å². The zero-order valence-corrected chi connectivity index (χ0v) is 25.1. The molecule has 0 aliphatic carbocycles. The predicted molar refractivity (Wildman–Crippen MR) is 164 cm³/mol. The number of thiazole rings is 1. The van der Waals surface area contributed by atoms with E-state index >= 15 is 0 Å². The minimum atomic E-state index is -0.564. The first kappa shape index (κ1) is 28.4. The molecule has 6 rings (SSSR count). The number of aromatic nitrogens is 5. The standard InChI is InChI=1S/C31H33N7O4S/c1-31(2,3)42-30(39)37-13-5-6-21(16-37)38-29-26(28(32)34-18-35-29)27(36-38)20-9-11-22(12-10-20)41-24-8-4-7-23(14-24)40-17-25-15-33-19-43-25/h4,7-12,14-15,18-19,21H,5-6,13,16-17H2,1-3H3,(H2,32,34,35). The fourth-order valence-corrected chi connectivity index (χ4v) is 5.52. The zero-order valence-electron chi connectivity index (χ0n) is 24.3. The van der Waals surface area contributed by atoms with Gasteiger partial charge in [0.25, 0.3) is 0 Å². The molecule has 1 saturated heterocycles. The number of ether oxygens (including phenoxy) is 3. The van der Waals surface area contributed by atoms with Crippen LogP contribution in [0.2, 0.25) is 0 Å². The van der Waals surface area contributed by atoms with Gasteiger partial charge in [-0.25, -0.2) is 19.4 Å². The van der Waals surface area contributed by atoms with E-state index in [0.29, 0.717) is 59.5 Å². The number of likely N-dealkylation sites (tertiary alicyclic amines) is 1. The van der Waals surface area contributed by atoms with Crippen LogP contribution in [0.3, 0.4) is 0 Å². The number of nitrogens with zero attached hydrogens (tertiary/aromatic N) is 6. The number of hydrogen-bond acceptors (Lipinski definition) is 10. The van der Waals surface area contributed by atoms with Crippen molar-refractivity contribution in [1.82, 2.24) is 29.6 Å². The third-order valence-corrected chi connectivity index (χ3v) is 7.70. The van der Waals surface area contributed by atoms with Crippen LogP contribution in [0, 0.1) is 0 Å². The maximum atomic E-state index is 12.8. The van der Waals surface area contributed by atoms with Crippen LogP contribution in [0.25, 0.3) is 22.3 Å². The Morgan fingerprint density at radius 3 is 2.67 bits per heavy atom. The molecule has 1 aliphatic heterocycles. The number of hydrogen-bond donors (Lipinski definition) is 1. The smallest absolute Gasteiger partial charge is 0.410 e. The lowest BCUT2D eigenvalue weighted by Gasteiger charge is -2.34. The third kappa shape index (κ3) is 6.54. The molecule has 2 aromatic carbocycles. The molecular weight excluding hydrogens is 566 g/mol. The first-order valence-electron chi connectivity index (χ1n) is 14.1. The fourth-order valence-electron chi connectivity index (χ4n) is 5.01. The Bertz CT molecular complexity index is 1710. The monoisotopic (exact) mass is 599 g/mol. The molecular formula is C31H33N7O4S. The quantitative estimate of drug-likeness (QED) is 0.223. The van der Waals surface area contributed by atoms with Crippen molar-refractivity contribution in [3.63, 3.8) is 0 Å². The Hall–Kier alpha value is -4.71. The van der Waals surface area contributed by atoms with Crippen LogP contribution in [0.1, 0.15) is 44.5 Å². The highest BCUT2D eigenvalue weighted by molar-refractivity contribution is 7.09. The van der Waals surface area contributed by atoms with Crippen molar-refractivity contribution in [3.8, 4) is 28.5 Å². The largest absolute Gasteiger partial charge is 0.488 e. The number of rotatable bonds is 7. The van der Waals surface area contributed by atoms with E-state index < -0.39 is 5.60 Å². The summed E-state index contributed by atoms with van der Waals surface area (Å²) in [7, 11) is 0. The van der Waals surface area contributed by atoms with E-state index in [0.717, 1.165) is 23.3 Å². The van der Waals surface area contributed by atoms with E-state index in [9.17, 15) is 4.79 Å². The van der Waals surface area contributed by atoms with Crippen LogP contribution in [-0.2, 0) is 11.3 Å². The molecule has 1 amide bonds. The molecule has 4 heterocycles. The van der Waals surface area contributed by atoms with E-state index in [1.807, 2.05) is 74.0 Å². The number of anilines is 1. The number of nitrogen functional groups attached to an aromatic ring is 1. The van der Waals surface area contributed by atoms with E-state index in [2.05, 4.69) is 15.0 Å². The number of nitrogens with two attached hydrogens (primary N) is 1. The van der Waals surface area contributed by atoms with Gasteiger partial charge in [0, 0.05) is 30.9 Å². The summed E-state index contributed by atoms with van der Waals surface area (Å²) in [4.78, 5) is 28.4. The summed E-state index contributed by atoms with van der Waals surface area (Å²) in [6, 6.07) is 15.1. The van der Waals surface area contributed by atoms with Crippen LogP contribution in [0.5, 0.6) is 17.2 Å². The summed E-state index contributed by atoms with van der Waals surface area (Å²) >= 11 is 1.55. The lowest BCUT2D eigenvalue weighted by atomic mass is 10.1. The van der Waals surface area contributed by atoms with Gasteiger partial charge in [-0.2, -0.15) is 5.10 Å². The number of piperidine rings is 1. The van der Waals surface area contributed by atoms with Gasteiger partial charge in [0.05, 0.1) is 21.8 Å². The highest BCUT2D eigenvalue weighted by Crippen LogP contribution is 2.35. The molecule has 11 nitrogen and oxygen atoms in total. The molecule has 0 saturated carbocycles. The third-order valence-electron chi connectivity index (χ3n) is 6.95. The molecule has 1 unspecified atom stereocenters. The lowest BCUT2D eigenvalue weighted by Crippen LogP contribution is -2.43. The van der Waals surface area contributed by atoms with Gasteiger partial charge in [-0.3, -0.25) is 4.98 Å². The van der Waals surface area contributed by atoms with Gasteiger partial charge in [-0.1, -0.05) is 6.07 Å². The van der Waals surface area contributed by atoms with Crippen molar-refractivity contribution in [2.45, 2.75) is 51.9 Å². The molecule has 0 bridgehead atoms. The van der Waals surface area contributed by atoms with E-state index in [4.69, 9.17) is 25.0 Å². The predicted octanol–water partition coefficient (Wildman–Crippen LogP) is 6.48. The molecule has 5 aromatic rings. The van der Waals surface area contributed by atoms with Crippen LogP contribution in [0.4, 0.5) is 10.6 Å². The van der Waals surface area contributed by atoms with Crippen molar-refractivity contribution in [3.05, 3.63) is 71.4 Å². The zero-order chi connectivity index (χ0) is 30.0. The van der Waals surface area contributed by atoms with Crippen molar-refractivity contribution in [2.24, 2.45) is 0 Å². The Morgan fingerprint density at radius 2 is 1.91 bits per heavy atom. The van der Waals surface area contributed by atoms with Crippen LogP contribution >= 0.6 is 11.3 Å². The van der Waals surface area contributed by atoms with Crippen molar-refractivity contribution < 1.29 is 19.0 Å².